The number of para-hydroxylation sites is 1. The molecule has 3 rings (SSSR count). The Labute approximate surface area is 166 Å². The zero-order valence-electron chi connectivity index (χ0n) is 14.4. The smallest absolute Gasteiger partial charge is 0.273 e. The molecule has 3 N–H and O–H groups in total. The minimum Gasteiger partial charge on any atom is -0.488 e. The van der Waals surface area contributed by atoms with E-state index >= 15 is 0 Å². The molecule has 0 aliphatic carbocycles. The first-order valence-electron chi connectivity index (χ1n) is 8.27. The lowest BCUT2D eigenvalue weighted by Crippen LogP contribution is -2.18. The quantitative estimate of drug-likeness (QED) is 0.351. The number of rotatable bonds is 6. The number of hydrazone groups is 1. The second kappa shape index (κ2) is 9.00. The largest absolute Gasteiger partial charge is 0.488 e. The van der Waals surface area contributed by atoms with E-state index in [2.05, 4.69) is 26.5 Å². The molecule has 0 aromatic heterocycles. The van der Waals surface area contributed by atoms with Crippen LogP contribution in [0.2, 0.25) is 0 Å². The van der Waals surface area contributed by atoms with Gasteiger partial charge in [0, 0.05) is 5.69 Å². The predicted molar refractivity (Wildman–Crippen MR) is 111 cm³/mol. The Kier molecular flexibility index (Phi) is 6.22. The number of nitrogens with zero attached hydrogens (tertiary/aromatic N) is 1. The van der Waals surface area contributed by atoms with E-state index in [0.717, 1.165) is 21.3 Å². The van der Waals surface area contributed by atoms with Crippen LogP contribution in [-0.2, 0) is 6.61 Å². The first-order chi connectivity index (χ1) is 13.1. The molecular weight excluding hydrogens is 406 g/mol. The third-order valence-corrected chi connectivity index (χ3v) is 4.40. The molecule has 0 saturated heterocycles. The summed E-state index contributed by atoms with van der Waals surface area (Å²) in [6.07, 6.45) is 1.56. The number of anilines is 1. The molecule has 0 unspecified atom stereocenters. The number of nitrogens with two attached hydrogens (primary N) is 1. The number of nitrogens with one attached hydrogen (secondary N) is 1. The summed E-state index contributed by atoms with van der Waals surface area (Å²) in [4.78, 5) is 12.1. The van der Waals surface area contributed by atoms with Crippen LogP contribution in [0.5, 0.6) is 5.75 Å². The molecule has 0 aliphatic rings. The van der Waals surface area contributed by atoms with Crippen molar-refractivity contribution in [2.24, 2.45) is 5.10 Å². The maximum absolute atomic E-state index is 12.1. The van der Waals surface area contributed by atoms with Gasteiger partial charge in [-0.05, 0) is 57.4 Å². The molecule has 0 radical (unpaired) electrons. The predicted octanol–water partition coefficient (Wildman–Crippen LogP) is 4.37. The Morgan fingerprint density at radius 1 is 1.07 bits per heavy atom. The van der Waals surface area contributed by atoms with E-state index < -0.39 is 0 Å². The molecule has 3 aromatic rings. The van der Waals surface area contributed by atoms with Crippen molar-refractivity contribution in [2.75, 3.05) is 5.73 Å². The summed E-state index contributed by atoms with van der Waals surface area (Å²) in [6, 6.07) is 22.4. The molecule has 0 aliphatic heterocycles. The van der Waals surface area contributed by atoms with Crippen molar-refractivity contribution in [1.82, 2.24) is 5.43 Å². The minimum absolute atomic E-state index is 0.355. The fraction of sp³-hybridized carbons (Fsp3) is 0.0476. The zero-order chi connectivity index (χ0) is 19.1. The van der Waals surface area contributed by atoms with Crippen LogP contribution >= 0.6 is 15.9 Å². The number of amides is 1. The second-order valence-electron chi connectivity index (χ2n) is 5.75. The van der Waals surface area contributed by atoms with Crippen molar-refractivity contribution < 1.29 is 9.53 Å². The lowest BCUT2D eigenvalue weighted by molar-refractivity contribution is 0.0956. The van der Waals surface area contributed by atoms with Crippen LogP contribution in [0.3, 0.4) is 0 Å². The van der Waals surface area contributed by atoms with Gasteiger partial charge in [-0.3, -0.25) is 4.79 Å². The molecule has 0 bridgehead atoms. The number of carbonyl (C=O) groups is 1. The Balaban J connectivity index is 1.59. The number of halogens is 1. The van der Waals surface area contributed by atoms with Crippen LogP contribution in [-0.4, -0.2) is 12.1 Å². The summed E-state index contributed by atoms with van der Waals surface area (Å²) in [5.74, 6) is 0.378. The highest BCUT2D eigenvalue weighted by molar-refractivity contribution is 9.10. The van der Waals surface area contributed by atoms with Crippen molar-refractivity contribution in [2.45, 2.75) is 6.61 Å². The highest BCUT2D eigenvalue weighted by Crippen LogP contribution is 2.26. The molecule has 136 valence electrons. The molecule has 0 heterocycles. The number of hydrogen-bond acceptors (Lipinski definition) is 4. The normalized spacial score (nSPS) is 10.7. The van der Waals surface area contributed by atoms with E-state index in [1.807, 2.05) is 48.5 Å². The van der Waals surface area contributed by atoms with E-state index in [-0.39, 0.29) is 5.91 Å². The lowest BCUT2D eigenvalue weighted by Gasteiger charge is -2.09. The first kappa shape index (κ1) is 18.7. The standard InChI is InChI=1S/C21H18BrN3O2/c22-18-12-16(10-11-20(18)27-14-15-6-2-1-3-7-15)13-24-25-21(26)17-8-4-5-9-19(17)23/h1-13H,14,23H2,(H,25,26)/b24-13+. The molecule has 3 aromatic carbocycles. The molecule has 0 atom stereocenters. The zero-order valence-corrected chi connectivity index (χ0v) is 16.0. The Hall–Kier alpha value is -3.12. The summed E-state index contributed by atoms with van der Waals surface area (Å²) in [6.45, 7) is 0.488. The minimum atomic E-state index is -0.355. The molecule has 5 nitrogen and oxygen atoms in total. The van der Waals surface area contributed by atoms with Gasteiger partial charge in [-0.25, -0.2) is 5.43 Å². The van der Waals surface area contributed by atoms with Gasteiger partial charge in [-0.15, -0.1) is 0 Å². The Morgan fingerprint density at radius 3 is 2.56 bits per heavy atom. The monoisotopic (exact) mass is 423 g/mol. The first-order valence-corrected chi connectivity index (χ1v) is 9.07. The molecule has 6 heteroatoms. The van der Waals surface area contributed by atoms with E-state index in [4.69, 9.17) is 10.5 Å². The SMILES string of the molecule is Nc1ccccc1C(=O)N/N=C/c1ccc(OCc2ccccc2)c(Br)c1. The molecule has 1 amide bonds. The van der Waals surface area contributed by atoms with Crippen LogP contribution in [0.1, 0.15) is 21.5 Å². The van der Waals surface area contributed by atoms with Gasteiger partial charge in [0.15, 0.2) is 0 Å². The van der Waals surface area contributed by atoms with Crippen molar-refractivity contribution in [3.63, 3.8) is 0 Å². The van der Waals surface area contributed by atoms with E-state index in [1.165, 1.54) is 0 Å². The van der Waals surface area contributed by atoms with Gasteiger partial charge in [0.25, 0.3) is 5.91 Å². The fourth-order valence-corrected chi connectivity index (χ4v) is 2.89. The van der Waals surface area contributed by atoms with Crippen LogP contribution in [0.4, 0.5) is 5.69 Å². The molecule has 27 heavy (non-hydrogen) atoms. The van der Waals surface area contributed by atoms with Gasteiger partial charge in [-0.1, -0.05) is 42.5 Å². The highest BCUT2D eigenvalue weighted by Gasteiger charge is 2.07. The van der Waals surface area contributed by atoms with Crippen molar-refractivity contribution in [3.05, 3.63) is 94.0 Å². The number of carbonyl (C=O) groups excluding carboxylic acids is 1. The van der Waals surface area contributed by atoms with E-state index in [0.29, 0.717) is 17.9 Å². The average Bonchev–Trinajstić information content (AvgIpc) is 2.68. The Bertz CT molecular complexity index is 959. The maximum atomic E-state index is 12.1. The van der Waals surface area contributed by atoms with Gasteiger partial charge in [0.1, 0.15) is 12.4 Å². The Morgan fingerprint density at radius 2 is 1.81 bits per heavy atom. The molecule has 0 saturated carbocycles. The summed E-state index contributed by atoms with van der Waals surface area (Å²) in [5, 5.41) is 3.98. The van der Waals surface area contributed by atoms with Crippen molar-refractivity contribution >= 4 is 33.7 Å². The van der Waals surface area contributed by atoms with Crippen LogP contribution in [0, 0.1) is 0 Å². The summed E-state index contributed by atoms with van der Waals surface area (Å²) in [7, 11) is 0. The second-order valence-corrected chi connectivity index (χ2v) is 6.60. The summed E-state index contributed by atoms with van der Waals surface area (Å²) >= 11 is 3.50. The number of nitrogen functional groups attached to an aromatic ring is 1. The van der Waals surface area contributed by atoms with Crippen LogP contribution in [0.25, 0.3) is 0 Å². The van der Waals surface area contributed by atoms with E-state index in [9.17, 15) is 4.79 Å². The number of ether oxygens (including phenoxy) is 1. The number of benzene rings is 3. The summed E-state index contributed by atoms with van der Waals surface area (Å²) < 4.78 is 6.62. The average molecular weight is 424 g/mol. The molecular formula is C21H18BrN3O2. The van der Waals surface area contributed by atoms with E-state index in [1.54, 1.807) is 30.5 Å². The summed E-state index contributed by atoms with van der Waals surface area (Å²) in [5.41, 5.74) is 11.0. The van der Waals surface area contributed by atoms with Gasteiger partial charge < -0.3 is 10.5 Å². The fourth-order valence-electron chi connectivity index (χ4n) is 2.38. The number of hydrogen-bond donors (Lipinski definition) is 2. The molecule has 0 spiro atoms. The third kappa shape index (κ3) is 5.18. The topological polar surface area (TPSA) is 76.7 Å². The van der Waals surface area contributed by atoms with Crippen molar-refractivity contribution in [1.29, 1.82) is 0 Å². The molecule has 0 fully saturated rings. The lowest BCUT2D eigenvalue weighted by atomic mass is 10.2. The van der Waals surface area contributed by atoms with Crippen LogP contribution < -0.4 is 15.9 Å². The maximum Gasteiger partial charge on any atom is 0.273 e. The third-order valence-electron chi connectivity index (χ3n) is 3.78. The van der Waals surface area contributed by atoms with Gasteiger partial charge in [-0.2, -0.15) is 5.10 Å². The van der Waals surface area contributed by atoms with Crippen molar-refractivity contribution in [3.8, 4) is 5.75 Å². The highest BCUT2D eigenvalue weighted by atomic mass is 79.9. The van der Waals surface area contributed by atoms with Gasteiger partial charge >= 0.3 is 0 Å². The van der Waals surface area contributed by atoms with Crippen LogP contribution in [0.15, 0.2) is 82.4 Å². The van der Waals surface area contributed by atoms with Gasteiger partial charge in [0.2, 0.25) is 0 Å². The van der Waals surface area contributed by atoms with Gasteiger partial charge in [0.05, 0.1) is 16.3 Å².